The van der Waals surface area contributed by atoms with Gasteiger partial charge in [-0.3, -0.25) is 4.68 Å². The summed E-state index contributed by atoms with van der Waals surface area (Å²) in [4.78, 5) is 0. The highest BCUT2D eigenvalue weighted by atomic mass is 35.5. The number of aliphatic hydroxyl groups is 1. The van der Waals surface area contributed by atoms with Gasteiger partial charge in [-0.05, 0) is 37.6 Å². The number of rotatable bonds is 3. The van der Waals surface area contributed by atoms with E-state index in [1.165, 1.54) is 0 Å². The normalized spacial score (nSPS) is 12.7. The summed E-state index contributed by atoms with van der Waals surface area (Å²) in [6.45, 7) is 4.38. The minimum atomic E-state index is -0.565. The highest BCUT2D eigenvalue weighted by molar-refractivity contribution is 6.30. The van der Waals surface area contributed by atoms with E-state index in [4.69, 9.17) is 11.6 Å². The van der Waals surface area contributed by atoms with Crippen molar-refractivity contribution in [3.05, 3.63) is 52.3 Å². The summed E-state index contributed by atoms with van der Waals surface area (Å²) in [6, 6.07) is 9.22. The third-order valence-electron chi connectivity index (χ3n) is 2.70. The first-order valence-electron chi connectivity index (χ1n) is 5.51. The summed E-state index contributed by atoms with van der Waals surface area (Å²) < 4.78 is 1.81. The Morgan fingerprint density at radius 2 is 1.94 bits per heavy atom. The minimum Gasteiger partial charge on any atom is -0.386 e. The molecule has 0 aliphatic carbocycles. The van der Waals surface area contributed by atoms with Gasteiger partial charge in [0.05, 0.1) is 18.3 Å². The summed E-state index contributed by atoms with van der Waals surface area (Å²) >= 11 is 5.81. The van der Waals surface area contributed by atoms with Gasteiger partial charge < -0.3 is 5.11 Å². The lowest BCUT2D eigenvalue weighted by atomic mass is 10.1. The van der Waals surface area contributed by atoms with Gasteiger partial charge in [0.2, 0.25) is 0 Å². The summed E-state index contributed by atoms with van der Waals surface area (Å²) in [5.41, 5.74) is 2.86. The van der Waals surface area contributed by atoms with Gasteiger partial charge in [0.25, 0.3) is 0 Å². The lowest BCUT2D eigenvalue weighted by Gasteiger charge is -2.12. The fourth-order valence-corrected chi connectivity index (χ4v) is 1.94. The van der Waals surface area contributed by atoms with Crippen molar-refractivity contribution in [3.63, 3.8) is 0 Å². The van der Waals surface area contributed by atoms with Crippen LogP contribution in [0.3, 0.4) is 0 Å². The Bertz CT molecular complexity index is 505. The van der Waals surface area contributed by atoms with Crippen LogP contribution in [0.25, 0.3) is 0 Å². The Labute approximate surface area is 106 Å². The zero-order valence-electron chi connectivity index (χ0n) is 9.89. The van der Waals surface area contributed by atoms with Crippen molar-refractivity contribution >= 4 is 11.6 Å². The van der Waals surface area contributed by atoms with Crippen molar-refractivity contribution in [1.82, 2.24) is 9.78 Å². The summed E-state index contributed by atoms with van der Waals surface area (Å²) in [5, 5.41) is 15.1. The highest BCUT2D eigenvalue weighted by Gasteiger charge is 2.10. The van der Waals surface area contributed by atoms with E-state index in [0.717, 1.165) is 17.0 Å². The Kier molecular flexibility index (Phi) is 3.50. The smallest absolute Gasteiger partial charge is 0.0986 e. The SMILES string of the molecule is Cc1cc(C)n(CC(O)c2ccc(Cl)cc2)n1. The van der Waals surface area contributed by atoms with Crippen LogP contribution in [0.1, 0.15) is 23.1 Å². The Morgan fingerprint density at radius 3 is 2.47 bits per heavy atom. The van der Waals surface area contributed by atoms with Crippen LogP contribution in [0.2, 0.25) is 5.02 Å². The second-order valence-corrected chi connectivity index (χ2v) is 4.61. The quantitative estimate of drug-likeness (QED) is 0.910. The van der Waals surface area contributed by atoms with E-state index in [-0.39, 0.29) is 0 Å². The Morgan fingerprint density at radius 1 is 1.29 bits per heavy atom. The number of benzene rings is 1. The first kappa shape index (κ1) is 12.1. The van der Waals surface area contributed by atoms with E-state index in [2.05, 4.69) is 5.10 Å². The molecule has 0 aliphatic heterocycles. The third-order valence-corrected chi connectivity index (χ3v) is 2.96. The molecule has 2 aromatic rings. The van der Waals surface area contributed by atoms with E-state index in [1.54, 1.807) is 12.1 Å². The molecule has 1 N–H and O–H groups in total. The van der Waals surface area contributed by atoms with Crippen molar-refractivity contribution in [2.24, 2.45) is 0 Å². The largest absolute Gasteiger partial charge is 0.386 e. The van der Waals surface area contributed by atoms with Gasteiger partial charge in [-0.25, -0.2) is 0 Å². The highest BCUT2D eigenvalue weighted by Crippen LogP contribution is 2.18. The number of hydrogen-bond acceptors (Lipinski definition) is 2. The maximum Gasteiger partial charge on any atom is 0.0986 e. The number of aliphatic hydroxyl groups excluding tert-OH is 1. The predicted octanol–water partition coefficient (Wildman–Crippen LogP) is 2.89. The fraction of sp³-hybridized carbons (Fsp3) is 0.308. The summed E-state index contributed by atoms with van der Waals surface area (Å²) in [7, 11) is 0. The van der Waals surface area contributed by atoms with Gasteiger partial charge >= 0.3 is 0 Å². The van der Waals surface area contributed by atoms with Gasteiger partial charge in [0, 0.05) is 10.7 Å². The molecule has 0 saturated carbocycles. The average molecular weight is 251 g/mol. The van der Waals surface area contributed by atoms with Gasteiger partial charge in [-0.2, -0.15) is 5.10 Å². The van der Waals surface area contributed by atoms with Crippen LogP contribution in [0.4, 0.5) is 0 Å². The van der Waals surface area contributed by atoms with Crippen LogP contribution in [0.15, 0.2) is 30.3 Å². The maximum atomic E-state index is 10.1. The van der Waals surface area contributed by atoms with Crippen LogP contribution in [-0.4, -0.2) is 14.9 Å². The molecule has 0 aliphatic rings. The lowest BCUT2D eigenvalue weighted by molar-refractivity contribution is 0.150. The first-order chi connectivity index (χ1) is 8.06. The monoisotopic (exact) mass is 250 g/mol. The Balaban J connectivity index is 2.13. The maximum absolute atomic E-state index is 10.1. The molecule has 1 atom stereocenters. The van der Waals surface area contributed by atoms with Crippen LogP contribution < -0.4 is 0 Å². The number of aromatic nitrogens is 2. The van der Waals surface area contributed by atoms with E-state index in [0.29, 0.717) is 11.6 Å². The average Bonchev–Trinajstić information content (AvgIpc) is 2.58. The molecule has 4 heteroatoms. The molecule has 0 amide bonds. The van der Waals surface area contributed by atoms with E-state index in [1.807, 2.05) is 36.7 Å². The van der Waals surface area contributed by atoms with Crippen LogP contribution in [0.5, 0.6) is 0 Å². The Hall–Kier alpha value is -1.32. The second kappa shape index (κ2) is 4.90. The molecule has 0 saturated heterocycles. The van der Waals surface area contributed by atoms with E-state index in [9.17, 15) is 5.11 Å². The molecule has 1 heterocycles. The van der Waals surface area contributed by atoms with Gasteiger partial charge in [-0.15, -0.1) is 0 Å². The molecule has 3 nitrogen and oxygen atoms in total. The van der Waals surface area contributed by atoms with Crippen molar-refractivity contribution in [3.8, 4) is 0 Å². The van der Waals surface area contributed by atoms with Gasteiger partial charge in [-0.1, -0.05) is 23.7 Å². The molecular formula is C13H15ClN2O. The molecule has 1 unspecified atom stereocenters. The molecule has 0 spiro atoms. The van der Waals surface area contributed by atoms with Crippen LogP contribution in [0, 0.1) is 13.8 Å². The van der Waals surface area contributed by atoms with Crippen molar-refractivity contribution in [1.29, 1.82) is 0 Å². The zero-order valence-corrected chi connectivity index (χ0v) is 10.6. The number of aryl methyl sites for hydroxylation is 2. The molecule has 0 fully saturated rings. The predicted molar refractivity (Wildman–Crippen MR) is 68.1 cm³/mol. The molecule has 2 rings (SSSR count). The van der Waals surface area contributed by atoms with E-state index < -0.39 is 6.10 Å². The summed E-state index contributed by atoms with van der Waals surface area (Å²) in [5.74, 6) is 0. The van der Waals surface area contributed by atoms with Crippen molar-refractivity contribution < 1.29 is 5.11 Å². The van der Waals surface area contributed by atoms with Gasteiger partial charge in [0.15, 0.2) is 0 Å². The number of halogens is 1. The molecule has 0 radical (unpaired) electrons. The molecular weight excluding hydrogens is 236 g/mol. The molecule has 90 valence electrons. The fourth-order valence-electron chi connectivity index (χ4n) is 1.81. The first-order valence-corrected chi connectivity index (χ1v) is 5.88. The summed E-state index contributed by atoms with van der Waals surface area (Å²) in [6.07, 6.45) is -0.565. The molecule has 0 bridgehead atoms. The van der Waals surface area contributed by atoms with Gasteiger partial charge in [0.1, 0.15) is 0 Å². The lowest BCUT2D eigenvalue weighted by Crippen LogP contribution is -2.11. The number of nitrogens with zero attached hydrogens (tertiary/aromatic N) is 2. The van der Waals surface area contributed by atoms with Crippen molar-refractivity contribution in [2.45, 2.75) is 26.5 Å². The molecule has 1 aromatic carbocycles. The topological polar surface area (TPSA) is 38.0 Å². The zero-order chi connectivity index (χ0) is 12.4. The number of hydrogen-bond donors (Lipinski definition) is 1. The second-order valence-electron chi connectivity index (χ2n) is 4.18. The van der Waals surface area contributed by atoms with Crippen LogP contribution in [-0.2, 0) is 6.54 Å². The molecule has 17 heavy (non-hydrogen) atoms. The standard InChI is InChI=1S/C13H15ClN2O/c1-9-7-10(2)16(15-9)8-13(17)11-3-5-12(14)6-4-11/h3-7,13,17H,8H2,1-2H3. The molecule has 1 aromatic heterocycles. The van der Waals surface area contributed by atoms with Crippen molar-refractivity contribution in [2.75, 3.05) is 0 Å². The third kappa shape index (κ3) is 2.87. The van der Waals surface area contributed by atoms with E-state index >= 15 is 0 Å². The van der Waals surface area contributed by atoms with Crippen LogP contribution >= 0.6 is 11.6 Å². The minimum absolute atomic E-state index is 0.460.